The van der Waals surface area contributed by atoms with Crippen molar-refractivity contribution in [2.24, 2.45) is 5.11 Å². The number of hydrogen-bond acceptors (Lipinski definition) is 3. The monoisotopic (exact) mass is 309 g/mol. The van der Waals surface area contributed by atoms with Gasteiger partial charge in [0.15, 0.2) is 0 Å². The summed E-state index contributed by atoms with van der Waals surface area (Å²) in [6.07, 6.45) is -0.391. The van der Waals surface area contributed by atoms with Crippen LogP contribution >= 0.6 is 0 Å². The molecule has 3 atom stereocenters. The van der Waals surface area contributed by atoms with Crippen molar-refractivity contribution in [2.45, 2.75) is 30.6 Å². The maximum absolute atomic E-state index is 10.3. The predicted molar refractivity (Wildman–Crippen MR) is 88.0 cm³/mol. The number of benzene rings is 2. The Morgan fingerprint density at radius 1 is 1.04 bits per heavy atom. The van der Waals surface area contributed by atoms with Crippen LogP contribution in [0.2, 0.25) is 0 Å². The third kappa shape index (κ3) is 3.54. The van der Waals surface area contributed by atoms with Gasteiger partial charge in [-0.05, 0) is 16.7 Å². The Hall–Kier alpha value is -2.33. The quantitative estimate of drug-likeness (QED) is 0.531. The number of nitrogens with zero attached hydrogens (tertiary/aromatic N) is 3. The topological polar surface area (TPSA) is 78.2 Å². The minimum Gasteiger partial charge on any atom is -0.393 e. The molecule has 1 aliphatic heterocycles. The van der Waals surface area contributed by atoms with Gasteiger partial charge in [-0.3, -0.25) is 0 Å². The van der Waals surface area contributed by atoms with Crippen LogP contribution in [0.5, 0.6) is 0 Å². The summed E-state index contributed by atoms with van der Waals surface area (Å²) in [4.78, 5) is 2.78. The third-order valence-corrected chi connectivity index (χ3v) is 4.29. The molecule has 23 heavy (non-hydrogen) atoms. The van der Waals surface area contributed by atoms with E-state index in [0.29, 0.717) is 6.42 Å². The van der Waals surface area contributed by atoms with Crippen molar-refractivity contribution < 1.29 is 9.84 Å². The van der Waals surface area contributed by atoms with E-state index < -0.39 is 12.1 Å². The van der Waals surface area contributed by atoms with Crippen molar-refractivity contribution in [1.82, 2.24) is 0 Å². The Morgan fingerprint density at radius 2 is 1.61 bits per heavy atom. The average molecular weight is 309 g/mol. The minimum absolute atomic E-state index is 0.0408. The molecule has 3 unspecified atom stereocenters. The summed E-state index contributed by atoms with van der Waals surface area (Å²) in [5, 5.41) is 13.9. The zero-order valence-corrected chi connectivity index (χ0v) is 12.7. The van der Waals surface area contributed by atoms with Gasteiger partial charge in [0, 0.05) is 17.3 Å². The lowest BCUT2D eigenvalue weighted by Crippen LogP contribution is -2.42. The Balaban J connectivity index is 1.90. The average Bonchev–Trinajstić information content (AvgIpc) is 2.60. The van der Waals surface area contributed by atoms with Crippen LogP contribution < -0.4 is 0 Å². The number of azide groups is 1. The number of ether oxygens (including phenoxy) is 1. The van der Waals surface area contributed by atoms with Crippen molar-refractivity contribution in [1.29, 1.82) is 0 Å². The highest BCUT2D eigenvalue weighted by Gasteiger charge is 2.35. The molecule has 0 aromatic heterocycles. The smallest absolute Gasteiger partial charge is 0.0868 e. The summed E-state index contributed by atoms with van der Waals surface area (Å²) in [7, 11) is 0. The van der Waals surface area contributed by atoms with E-state index in [-0.39, 0.29) is 18.6 Å². The Morgan fingerprint density at radius 3 is 2.09 bits per heavy atom. The van der Waals surface area contributed by atoms with Gasteiger partial charge in [0.25, 0.3) is 0 Å². The van der Waals surface area contributed by atoms with E-state index in [1.807, 2.05) is 36.4 Å². The Labute approximate surface area is 135 Å². The van der Waals surface area contributed by atoms with Gasteiger partial charge in [0.1, 0.15) is 0 Å². The number of aliphatic hydroxyl groups is 1. The summed E-state index contributed by atoms with van der Waals surface area (Å²) in [5.41, 5.74) is 10.9. The maximum atomic E-state index is 10.3. The lowest BCUT2D eigenvalue weighted by Gasteiger charge is -2.36. The molecule has 1 aliphatic rings. The van der Waals surface area contributed by atoms with Crippen LogP contribution in [0.1, 0.15) is 23.5 Å². The van der Waals surface area contributed by atoms with Crippen LogP contribution in [-0.2, 0) is 4.74 Å². The van der Waals surface area contributed by atoms with Gasteiger partial charge in [-0.15, -0.1) is 0 Å². The first kappa shape index (κ1) is 15.6. The van der Waals surface area contributed by atoms with E-state index in [1.54, 1.807) is 0 Å². The van der Waals surface area contributed by atoms with Crippen LogP contribution in [0.15, 0.2) is 65.8 Å². The standard InChI is InChI=1S/C18H19N3O2/c19-21-20-15-12-23-17(11-16(15)22)18(13-7-3-1-4-8-13)14-9-5-2-6-10-14/h1-10,15-18,22H,11-12H2. The number of rotatable bonds is 4. The Kier molecular flexibility index (Phi) is 4.93. The van der Waals surface area contributed by atoms with Gasteiger partial charge in [-0.2, -0.15) is 0 Å². The largest absolute Gasteiger partial charge is 0.393 e. The van der Waals surface area contributed by atoms with Crippen molar-refractivity contribution in [3.8, 4) is 0 Å². The van der Waals surface area contributed by atoms with E-state index in [1.165, 1.54) is 0 Å². The molecule has 0 radical (unpaired) electrons. The summed E-state index contributed by atoms with van der Waals surface area (Å²) in [5.74, 6) is 0.0408. The maximum Gasteiger partial charge on any atom is 0.0868 e. The van der Waals surface area contributed by atoms with Crippen molar-refractivity contribution >= 4 is 0 Å². The first-order valence-corrected chi connectivity index (χ1v) is 7.73. The van der Waals surface area contributed by atoms with E-state index in [2.05, 4.69) is 34.3 Å². The number of hydrogen-bond donors (Lipinski definition) is 1. The Bertz CT molecular complexity index is 632. The molecule has 5 nitrogen and oxygen atoms in total. The molecule has 0 aliphatic carbocycles. The normalized spacial score (nSPS) is 24.2. The molecule has 1 heterocycles. The number of aliphatic hydroxyl groups excluding tert-OH is 1. The predicted octanol–water partition coefficient (Wildman–Crippen LogP) is 3.65. The molecule has 5 heteroatoms. The van der Waals surface area contributed by atoms with E-state index >= 15 is 0 Å². The van der Waals surface area contributed by atoms with Crippen LogP contribution in [0.25, 0.3) is 10.4 Å². The second kappa shape index (κ2) is 7.29. The zero-order valence-electron chi connectivity index (χ0n) is 12.7. The second-order valence-corrected chi connectivity index (χ2v) is 5.75. The van der Waals surface area contributed by atoms with Gasteiger partial charge < -0.3 is 9.84 Å². The molecule has 0 spiro atoms. The third-order valence-electron chi connectivity index (χ3n) is 4.29. The molecular weight excluding hydrogens is 290 g/mol. The molecule has 118 valence electrons. The lowest BCUT2D eigenvalue weighted by molar-refractivity contribution is -0.0623. The molecule has 2 aromatic carbocycles. The highest BCUT2D eigenvalue weighted by molar-refractivity contribution is 5.34. The van der Waals surface area contributed by atoms with Crippen LogP contribution in [0, 0.1) is 0 Å². The fourth-order valence-corrected chi connectivity index (χ4v) is 3.15. The molecule has 1 fully saturated rings. The van der Waals surface area contributed by atoms with Gasteiger partial charge in [0.2, 0.25) is 0 Å². The van der Waals surface area contributed by atoms with Crippen LogP contribution in [-0.4, -0.2) is 30.0 Å². The van der Waals surface area contributed by atoms with Crippen LogP contribution in [0.4, 0.5) is 0 Å². The van der Waals surface area contributed by atoms with Gasteiger partial charge in [0.05, 0.1) is 24.9 Å². The summed E-state index contributed by atoms with van der Waals surface area (Å²) < 4.78 is 5.96. The molecule has 3 rings (SSSR count). The summed E-state index contributed by atoms with van der Waals surface area (Å²) in [6, 6.07) is 19.8. The second-order valence-electron chi connectivity index (χ2n) is 5.75. The zero-order chi connectivity index (χ0) is 16.1. The molecule has 1 saturated heterocycles. The van der Waals surface area contributed by atoms with Gasteiger partial charge in [-0.1, -0.05) is 65.8 Å². The molecule has 0 amide bonds. The minimum atomic E-state index is -0.681. The van der Waals surface area contributed by atoms with E-state index in [9.17, 15) is 5.11 Å². The fraction of sp³-hybridized carbons (Fsp3) is 0.333. The van der Waals surface area contributed by atoms with Gasteiger partial charge >= 0.3 is 0 Å². The molecule has 0 bridgehead atoms. The molecular formula is C18H19N3O2. The highest BCUT2D eigenvalue weighted by atomic mass is 16.5. The van der Waals surface area contributed by atoms with Crippen molar-refractivity contribution in [3.05, 3.63) is 82.2 Å². The lowest BCUT2D eigenvalue weighted by atomic mass is 9.82. The summed E-state index contributed by atoms with van der Waals surface area (Å²) >= 11 is 0. The molecule has 2 aromatic rings. The molecule has 0 saturated carbocycles. The van der Waals surface area contributed by atoms with Crippen molar-refractivity contribution in [2.75, 3.05) is 6.61 Å². The highest BCUT2D eigenvalue weighted by Crippen LogP contribution is 2.34. The van der Waals surface area contributed by atoms with Crippen molar-refractivity contribution in [3.63, 3.8) is 0 Å². The van der Waals surface area contributed by atoms with E-state index in [0.717, 1.165) is 11.1 Å². The first-order valence-electron chi connectivity index (χ1n) is 7.73. The fourth-order valence-electron chi connectivity index (χ4n) is 3.15. The molecule has 1 N–H and O–H groups in total. The van der Waals surface area contributed by atoms with E-state index in [4.69, 9.17) is 10.3 Å². The van der Waals surface area contributed by atoms with Gasteiger partial charge in [-0.25, -0.2) is 0 Å². The SMILES string of the molecule is [N-]=[N+]=NC1COC(C(c2ccccc2)c2ccccc2)CC1O. The first-order chi connectivity index (χ1) is 11.3. The van der Waals surface area contributed by atoms with Crippen LogP contribution in [0.3, 0.4) is 0 Å². The summed E-state index contributed by atoms with van der Waals surface area (Å²) in [6.45, 7) is 0.242.